The zero-order valence-electron chi connectivity index (χ0n) is 7.44. The minimum Gasteiger partial charge on any atom is -0.198 e. The summed E-state index contributed by atoms with van der Waals surface area (Å²) in [4.78, 5) is 0. The van der Waals surface area contributed by atoms with Crippen LogP contribution in [0, 0.1) is 0 Å². The minimum absolute atomic E-state index is 0.0885. The van der Waals surface area contributed by atoms with E-state index < -0.39 is 10.2 Å². The lowest BCUT2D eigenvalue weighted by molar-refractivity contribution is 0.302. The summed E-state index contributed by atoms with van der Waals surface area (Å²) in [5.41, 5.74) is 0. The van der Waals surface area contributed by atoms with Gasteiger partial charge in [-0.1, -0.05) is 12.2 Å². The van der Waals surface area contributed by atoms with Crippen molar-refractivity contribution in [3.63, 3.8) is 0 Å². The van der Waals surface area contributed by atoms with Crippen molar-refractivity contribution in [2.24, 2.45) is 0 Å². The molecular weight excluding hydrogens is 188 g/mol. The predicted octanol–water partition coefficient (Wildman–Crippen LogP) is 0.245. The van der Waals surface area contributed by atoms with Crippen molar-refractivity contribution >= 4 is 10.2 Å². The summed E-state index contributed by atoms with van der Waals surface area (Å²) in [6.07, 6.45) is 6.68. The first kappa shape index (κ1) is 9.18. The van der Waals surface area contributed by atoms with Crippen molar-refractivity contribution in [3.05, 3.63) is 12.2 Å². The fourth-order valence-corrected chi connectivity index (χ4v) is 3.03. The van der Waals surface area contributed by atoms with Gasteiger partial charge >= 0.3 is 0 Å². The molecule has 0 saturated carbocycles. The number of nitrogens with zero attached hydrogens (tertiary/aromatic N) is 1. The molecule has 1 aliphatic carbocycles. The number of hydrogen-bond donors (Lipinski definition) is 1. The summed E-state index contributed by atoms with van der Waals surface area (Å²) >= 11 is 0. The van der Waals surface area contributed by atoms with Crippen LogP contribution in [0.2, 0.25) is 0 Å². The average molecular weight is 202 g/mol. The van der Waals surface area contributed by atoms with Gasteiger partial charge in [-0.05, 0) is 19.3 Å². The van der Waals surface area contributed by atoms with Crippen LogP contribution >= 0.6 is 0 Å². The van der Waals surface area contributed by atoms with Crippen LogP contribution in [0.3, 0.4) is 0 Å². The molecule has 0 atom stereocenters. The minimum atomic E-state index is -3.16. The Morgan fingerprint density at radius 1 is 1.23 bits per heavy atom. The van der Waals surface area contributed by atoms with Crippen LogP contribution in [-0.4, -0.2) is 31.9 Å². The van der Waals surface area contributed by atoms with Gasteiger partial charge in [0.2, 0.25) is 0 Å². The van der Waals surface area contributed by atoms with E-state index in [0.717, 1.165) is 19.3 Å². The van der Waals surface area contributed by atoms with E-state index in [4.69, 9.17) is 0 Å². The molecule has 0 aromatic carbocycles. The van der Waals surface area contributed by atoms with Crippen LogP contribution in [0.1, 0.15) is 19.3 Å². The first-order valence-electron chi connectivity index (χ1n) is 4.61. The molecule has 1 N–H and O–H groups in total. The predicted molar refractivity (Wildman–Crippen MR) is 50.4 cm³/mol. The molecule has 0 amide bonds. The van der Waals surface area contributed by atoms with E-state index >= 15 is 0 Å². The van der Waals surface area contributed by atoms with Crippen molar-refractivity contribution in [2.45, 2.75) is 25.3 Å². The van der Waals surface area contributed by atoms with E-state index in [1.54, 1.807) is 0 Å². The zero-order valence-corrected chi connectivity index (χ0v) is 8.26. The molecule has 13 heavy (non-hydrogen) atoms. The van der Waals surface area contributed by atoms with Crippen molar-refractivity contribution < 1.29 is 8.42 Å². The number of nitrogens with one attached hydrogen (secondary N) is 1. The van der Waals surface area contributed by atoms with E-state index in [-0.39, 0.29) is 6.04 Å². The van der Waals surface area contributed by atoms with E-state index in [2.05, 4.69) is 4.72 Å². The Balaban J connectivity index is 1.92. The molecule has 0 radical (unpaired) electrons. The third kappa shape index (κ3) is 1.92. The largest absolute Gasteiger partial charge is 0.279 e. The maximum atomic E-state index is 11.6. The van der Waals surface area contributed by atoms with Gasteiger partial charge in [-0.3, -0.25) is 0 Å². The molecule has 2 rings (SSSR count). The van der Waals surface area contributed by atoms with Gasteiger partial charge in [0.1, 0.15) is 0 Å². The van der Waals surface area contributed by atoms with Crippen LogP contribution in [-0.2, 0) is 10.2 Å². The molecule has 1 saturated heterocycles. The van der Waals surface area contributed by atoms with Gasteiger partial charge in [0, 0.05) is 19.1 Å². The van der Waals surface area contributed by atoms with E-state index in [1.807, 2.05) is 12.2 Å². The number of rotatable bonds is 3. The maximum Gasteiger partial charge on any atom is 0.279 e. The molecule has 0 aromatic rings. The highest BCUT2D eigenvalue weighted by Gasteiger charge is 2.29. The summed E-state index contributed by atoms with van der Waals surface area (Å²) in [7, 11) is -3.16. The van der Waals surface area contributed by atoms with Crippen LogP contribution in [0.25, 0.3) is 0 Å². The first-order valence-corrected chi connectivity index (χ1v) is 6.05. The molecule has 1 heterocycles. The van der Waals surface area contributed by atoms with Crippen molar-refractivity contribution in [1.29, 1.82) is 0 Å². The Morgan fingerprint density at radius 3 is 2.31 bits per heavy atom. The SMILES string of the molecule is O=S(=O)(NC1CC=CC1)N1CCC1. The van der Waals surface area contributed by atoms with E-state index in [0.29, 0.717) is 13.1 Å². The molecule has 2 aliphatic rings. The van der Waals surface area contributed by atoms with Crippen LogP contribution < -0.4 is 4.72 Å². The summed E-state index contributed by atoms with van der Waals surface area (Å²) in [6, 6.07) is 0.0885. The third-order valence-electron chi connectivity index (χ3n) is 2.48. The Kier molecular flexibility index (Phi) is 2.40. The second-order valence-corrected chi connectivity index (χ2v) is 5.22. The van der Waals surface area contributed by atoms with Gasteiger partial charge in [0.05, 0.1) is 0 Å². The van der Waals surface area contributed by atoms with Gasteiger partial charge < -0.3 is 0 Å². The summed E-state index contributed by atoms with van der Waals surface area (Å²) in [5, 5.41) is 0. The van der Waals surface area contributed by atoms with Crippen molar-refractivity contribution in [2.75, 3.05) is 13.1 Å². The normalized spacial score (nSPS) is 24.9. The Labute approximate surface area is 78.8 Å². The number of hydrogen-bond acceptors (Lipinski definition) is 2. The molecule has 0 spiro atoms. The molecule has 1 fully saturated rings. The Hall–Kier alpha value is -0.390. The van der Waals surface area contributed by atoms with Crippen LogP contribution in [0.5, 0.6) is 0 Å². The zero-order chi connectivity index (χ0) is 9.31. The molecule has 0 bridgehead atoms. The summed E-state index contributed by atoms with van der Waals surface area (Å²) < 4.78 is 27.3. The van der Waals surface area contributed by atoms with Crippen molar-refractivity contribution in [1.82, 2.24) is 9.03 Å². The lowest BCUT2D eigenvalue weighted by atomic mass is 10.3. The quantitative estimate of drug-likeness (QED) is 0.667. The van der Waals surface area contributed by atoms with E-state index in [1.165, 1.54) is 4.31 Å². The lowest BCUT2D eigenvalue weighted by Crippen LogP contribution is -2.50. The summed E-state index contributed by atoms with van der Waals surface area (Å²) in [5.74, 6) is 0. The van der Waals surface area contributed by atoms with Crippen LogP contribution in [0.4, 0.5) is 0 Å². The van der Waals surface area contributed by atoms with Gasteiger partial charge in [-0.2, -0.15) is 17.4 Å². The molecule has 4 nitrogen and oxygen atoms in total. The van der Waals surface area contributed by atoms with Crippen molar-refractivity contribution in [3.8, 4) is 0 Å². The van der Waals surface area contributed by atoms with Gasteiger partial charge in [-0.25, -0.2) is 0 Å². The monoisotopic (exact) mass is 202 g/mol. The molecule has 0 unspecified atom stereocenters. The highest BCUT2D eigenvalue weighted by Crippen LogP contribution is 2.15. The fourth-order valence-electron chi connectivity index (χ4n) is 1.53. The third-order valence-corrected chi connectivity index (χ3v) is 4.15. The van der Waals surface area contributed by atoms with Gasteiger partial charge in [0.15, 0.2) is 0 Å². The molecule has 1 aliphatic heterocycles. The molecular formula is C8H14N2O2S. The molecule has 5 heteroatoms. The highest BCUT2D eigenvalue weighted by atomic mass is 32.2. The van der Waals surface area contributed by atoms with Gasteiger partial charge in [-0.15, -0.1) is 0 Å². The van der Waals surface area contributed by atoms with Gasteiger partial charge in [0.25, 0.3) is 10.2 Å². The second kappa shape index (κ2) is 3.40. The lowest BCUT2D eigenvalue weighted by Gasteiger charge is -2.30. The highest BCUT2D eigenvalue weighted by molar-refractivity contribution is 7.87. The Morgan fingerprint density at radius 2 is 1.85 bits per heavy atom. The smallest absolute Gasteiger partial charge is 0.198 e. The van der Waals surface area contributed by atoms with E-state index in [9.17, 15) is 8.42 Å². The van der Waals surface area contributed by atoms with Crippen LogP contribution in [0.15, 0.2) is 12.2 Å². The standard InChI is InChI=1S/C8H14N2O2S/c11-13(12,10-6-3-7-10)9-8-4-1-2-5-8/h1-2,8-9H,3-7H2. The first-order chi connectivity index (χ1) is 6.18. The topological polar surface area (TPSA) is 49.4 Å². The fraction of sp³-hybridized carbons (Fsp3) is 0.750. The molecule has 0 aromatic heterocycles. The average Bonchev–Trinajstić information content (AvgIpc) is 2.32. The Bertz CT molecular complexity index is 298. The molecule has 74 valence electrons. The summed E-state index contributed by atoms with van der Waals surface area (Å²) in [6.45, 7) is 1.35. The maximum absolute atomic E-state index is 11.6. The second-order valence-electron chi connectivity index (χ2n) is 3.52.